The second-order valence-corrected chi connectivity index (χ2v) is 3.07. The Morgan fingerprint density at radius 3 is 2.36 bits per heavy atom. The van der Waals surface area contributed by atoms with Gasteiger partial charge in [-0.2, -0.15) is 0 Å². The Kier molecular flexibility index (Phi) is 4.95. The second-order valence-electron chi connectivity index (χ2n) is 2.38. The highest BCUT2D eigenvalue weighted by atomic mass is 35.5. The maximum atomic E-state index is 10.4. The molecule has 2 atom stereocenters. The van der Waals surface area contributed by atoms with Crippen LogP contribution in [0.1, 0.15) is 20.8 Å². The number of ether oxygens (including phenoxy) is 1. The van der Waals surface area contributed by atoms with Crippen molar-refractivity contribution in [2.24, 2.45) is 0 Å². The van der Waals surface area contributed by atoms with Gasteiger partial charge in [0.25, 0.3) is 0 Å². The number of carbonyl (C=O) groups excluding carboxylic acids is 1. The van der Waals surface area contributed by atoms with Gasteiger partial charge in [-0.05, 0) is 19.9 Å². The largest absolute Gasteiger partial charge is 0.459 e. The molecule has 0 fully saturated rings. The van der Waals surface area contributed by atoms with Crippen molar-refractivity contribution in [1.82, 2.24) is 0 Å². The van der Waals surface area contributed by atoms with Crippen molar-refractivity contribution in [3.05, 3.63) is 12.2 Å². The number of allylic oxidation sites excluding steroid dienone is 1. The molecule has 0 bridgehead atoms. The monoisotopic (exact) mass is 176 g/mol. The number of carbonyl (C=O) groups is 1. The number of rotatable bonds is 3. The normalized spacial score (nSPS) is 16.4. The molecule has 0 aromatic carbocycles. The summed E-state index contributed by atoms with van der Waals surface area (Å²) in [6.07, 6.45) is 3.36. The highest BCUT2D eigenvalue weighted by Crippen LogP contribution is 1.99. The van der Waals surface area contributed by atoms with Crippen LogP contribution in [-0.2, 0) is 9.53 Å². The molecule has 0 radical (unpaired) electrons. The van der Waals surface area contributed by atoms with Crippen LogP contribution in [0.15, 0.2) is 12.2 Å². The minimum atomic E-state index is -0.274. The standard InChI is InChI=1S/C8H13ClO2/c1-6(9)4-5-7(2)11-8(3)10/h4-7H,1-3H3/b5-4+. The van der Waals surface area contributed by atoms with Gasteiger partial charge in [-0.1, -0.05) is 6.08 Å². The zero-order valence-electron chi connectivity index (χ0n) is 7.00. The topological polar surface area (TPSA) is 26.3 Å². The molecule has 0 saturated carbocycles. The minimum Gasteiger partial charge on any atom is -0.459 e. The van der Waals surface area contributed by atoms with Gasteiger partial charge >= 0.3 is 5.97 Å². The molecule has 0 aromatic heterocycles. The number of esters is 1. The Bertz CT molecular complexity index is 152. The fourth-order valence-electron chi connectivity index (χ4n) is 0.611. The molecule has 0 aromatic rings. The molecular weight excluding hydrogens is 164 g/mol. The van der Waals surface area contributed by atoms with Crippen LogP contribution >= 0.6 is 11.6 Å². The molecule has 0 saturated heterocycles. The van der Waals surface area contributed by atoms with E-state index in [-0.39, 0.29) is 17.5 Å². The molecule has 0 rings (SSSR count). The maximum absolute atomic E-state index is 10.4. The molecule has 11 heavy (non-hydrogen) atoms. The van der Waals surface area contributed by atoms with Crippen molar-refractivity contribution in [3.63, 3.8) is 0 Å². The van der Waals surface area contributed by atoms with E-state index in [0.717, 1.165) is 0 Å². The highest BCUT2D eigenvalue weighted by molar-refractivity contribution is 6.21. The van der Waals surface area contributed by atoms with Crippen molar-refractivity contribution in [2.75, 3.05) is 0 Å². The lowest BCUT2D eigenvalue weighted by molar-refractivity contribution is -0.143. The first-order chi connectivity index (χ1) is 5.02. The summed E-state index contributed by atoms with van der Waals surface area (Å²) in [4.78, 5) is 10.4. The molecule has 0 aliphatic rings. The van der Waals surface area contributed by atoms with Crippen LogP contribution in [0.5, 0.6) is 0 Å². The number of alkyl halides is 1. The van der Waals surface area contributed by atoms with Crippen LogP contribution < -0.4 is 0 Å². The van der Waals surface area contributed by atoms with Gasteiger partial charge in [0.05, 0.1) is 0 Å². The van der Waals surface area contributed by atoms with Gasteiger partial charge in [-0.3, -0.25) is 4.79 Å². The van der Waals surface area contributed by atoms with E-state index in [0.29, 0.717) is 0 Å². The van der Waals surface area contributed by atoms with Gasteiger partial charge in [0, 0.05) is 12.3 Å². The van der Waals surface area contributed by atoms with Crippen molar-refractivity contribution in [3.8, 4) is 0 Å². The molecule has 0 aliphatic heterocycles. The van der Waals surface area contributed by atoms with Gasteiger partial charge < -0.3 is 4.74 Å². The molecule has 0 aliphatic carbocycles. The number of halogens is 1. The third-order valence-electron chi connectivity index (χ3n) is 0.999. The first kappa shape index (κ1) is 10.5. The van der Waals surface area contributed by atoms with Gasteiger partial charge in [-0.15, -0.1) is 11.6 Å². The van der Waals surface area contributed by atoms with Gasteiger partial charge in [0.2, 0.25) is 0 Å². The average molecular weight is 177 g/mol. The van der Waals surface area contributed by atoms with Crippen molar-refractivity contribution in [1.29, 1.82) is 0 Å². The van der Waals surface area contributed by atoms with E-state index < -0.39 is 0 Å². The Hall–Kier alpha value is -0.500. The van der Waals surface area contributed by atoms with Gasteiger partial charge in [0.1, 0.15) is 6.10 Å². The van der Waals surface area contributed by atoms with E-state index in [2.05, 4.69) is 0 Å². The SMILES string of the molecule is CC(=O)OC(C)/C=C/C(C)Cl. The summed E-state index contributed by atoms with van der Waals surface area (Å²) in [6, 6.07) is 0. The summed E-state index contributed by atoms with van der Waals surface area (Å²) in [5.41, 5.74) is 0. The van der Waals surface area contributed by atoms with E-state index in [4.69, 9.17) is 16.3 Å². The molecule has 64 valence electrons. The summed E-state index contributed by atoms with van der Waals surface area (Å²) in [5.74, 6) is -0.274. The molecule has 0 spiro atoms. The summed E-state index contributed by atoms with van der Waals surface area (Å²) < 4.78 is 4.82. The predicted molar refractivity (Wildman–Crippen MR) is 45.7 cm³/mol. The third kappa shape index (κ3) is 7.40. The molecule has 2 nitrogen and oxygen atoms in total. The summed E-state index contributed by atoms with van der Waals surface area (Å²) >= 11 is 5.63. The van der Waals surface area contributed by atoms with Crippen LogP contribution in [0.2, 0.25) is 0 Å². The van der Waals surface area contributed by atoms with Crippen LogP contribution in [0.4, 0.5) is 0 Å². The smallest absolute Gasteiger partial charge is 0.303 e. The summed E-state index contributed by atoms with van der Waals surface area (Å²) in [5, 5.41) is -0.0204. The van der Waals surface area contributed by atoms with E-state index >= 15 is 0 Å². The minimum absolute atomic E-state index is 0.0204. The van der Waals surface area contributed by atoms with E-state index in [1.807, 2.05) is 6.92 Å². The van der Waals surface area contributed by atoms with E-state index in [1.165, 1.54) is 6.92 Å². The zero-order valence-corrected chi connectivity index (χ0v) is 7.76. The summed E-state index contributed by atoms with van der Waals surface area (Å²) in [7, 11) is 0. The lowest BCUT2D eigenvalue weighted by Gasteiger charge is -2.05. The highest BCUT2D eigenvalue weighted by Gasteiger charge is 1.99. The fourth-order valence-corrected chi connectivity index (χ4v) is 0.695. The molecule has 0 N–H and O–H groups in total. The fraction of sp³-hybridized carbons (Fsp3) is 0.625. The molecule has 0 heterocycles. The van der Waals surface area contributed by atoms with E-state index in [1.54, 1.807) is 19.1 Å². The molecule has 3 heteroatoms. The Labute approximate surface area is 72.2 Å². The number of hydrogen-bond acceptors (Lipinski definition) is 2. The van der Waals surface area contributed by atoms with Crippen LogP contribution in [-0.4, -0.2) is 17.5 Å². The van der Waals surface area contributed by atoms with E-state index in [9.17, 15) is 4.79 Å². The predicted octanol–water partition coefficient (Wildman–Crippen LogP) is 2.12. The van der Waals surface area contributed by atoms with Crippen LogP contribution in [0.25, 0.3) is 0 Å². The van der Waals surface area contributed by atoms with Gasteiger partial charge in [0.15, 0.2) is 0 Å². The van der Waals surface area contributed by atoms with Crippen LogP contribution in [0.3, 0.4) is 0 Å². The zero-order chi connectivity index (χ0) is 8.85. The van der Waals surface area contributed by atoms with Crippen molar-refractivity contribution in [2.45, 2.75) is 32.3 Å². The maximum Gasteiger partial charge on any atom is 0.303 e. The lowest BCUT2D eigenvalue weighted by atomic mass is 10.3. The van der Waals surface area contributed by atoms with Crippen molar-refractivity contribution >= 4 is 17.6 Å². The lowest BCUT2D eigenvalue weighted by Crippen LogP contribution is -2.09. The average Bonchev–Trinajstić information content (AvgIpc) is 1.82. The van der Waals surface area contributed by atoms with Crippen LogP contribution in [0, 0.1) is 0 Å². The Morgan fingerprint density at radius 1 is 1.45 bits per heavy atom. The van der Waals surface area contributed by atoms with Gasteiger partial charge in [-0.25, -0.2) is 0 Å². The summed E-state index contributed by atoms with van der Waals surface area (Å²) in [6.45, 7) is 5.02. The first-order valence-electron chi connectivity index (χ1n) is 3.52. The molecule has 0 amide bonds. The first-order valence-corrected chi connectivity index (χ1v) is 3.95. The number of hydrogen-bond donors (Lipinski definition) is 0. The Balaban J connectivity index is 3.68. The molecule has 2 unspecified atom stereocenters. The molecular formula is C8H13ClO2. The quantitative estimate of drug-likeness (QED) is 0.374. The second kappa shape index (κ2) is 5.19. The third-order valence-corrected chi connectivity index (χ3v) is 1.14. The Morgan fingerprint density at radius 2 is 2.00 bits per heavy atom. The van der Waals surface area contributed by atoms with Crippen molar-refractivity contribution < 1.29 is 9.53 Å².